The highest BCUT2D eigenvalue weighted by atomic mass is 79.9. The lowest BCUT2D eigenvalue weighted by Crippen LogP contribution is -2.08. The molecule has 0 saturated carbocycles. The van der Waals surface area contributed by atoms with Crippen molar-refractivity contribution in [3.8, 4) is 17.3 Å². The Bertz CT molecular complexity index is 658. The molecule has 0 aliphatic carbocycles. The highest BCUT2D eigenvalue weighted by Gasteiger charge is 2.16. The maximum absolute atomic E-state index is 9.35. The van der Waals surface area contributed by atoms with Crippen molar-refractivity contribution < 1.29 is 4.74 Å². The Labute approximate surface area is 138 Å². The molecule has 1 heterocycles. The van der Waals surface area contributed by atoms with Crippen LogP contribution in [0.25, 0.3) is 11.3 Å². The third-order valence-electron chi connectivity index (χ3n) is 3.23. The molecule has 22 heavy (non-hydrogen) atoms. The molecule has 0 aliphatic rings. The first-order valence-electron chi connectivity index (χ1n) is 7.27. The van der Waals surface area contributed by atoms with Gasteiger partial charge in [-0.2, -0.15) is 10.4 Å². The van der Waals surface area contributed by atoms with Crippen molar-refractivity contribution in [2.75, 3.05) is 18.9 Å². The molecule has 6 heteroatoms. The summed E-state index contributed by atoms with van der Waals surface area (Å²) in [6, 6.07) is 9.83. The van der Waals surface area contributed by atoms with E-state index in [2.05, 4.69) is 34.0 Å². The summed E-state index contributed by atoms with van der Waals surface area (Å²) in [5.74, 6) is 0.413. The van der Waals surface area contributed by atoms with Gasteiger partial charge in [0.1, 0.15) is 23.1 Å². The summed E-state index contributed by atoms with van der Waals surface area (Å²) >= 11 is 3.40. The normalized spacial score (nSPS) is 10.6. The number of ether oxygens (including phenoxy) is 1. The Morgan fingerprint density at radius 3 is 2.68 bits per heavy atom. The van der Waals surface area contributed by atoms with Crippen LogP contribution >= 0.6 is 15.9 Å². The number of aryl methyl sites for hydroxylation is 1. The number of nitrogen functional groups attached to an aromatic ring is 1. The van der Waals surface area contributed by atoms with Gasteiger partial charge in [-0.05, 0) is 25.0 Å². The van der Waals surface area contributed by atoms with E-state index in [-0.39, 0.29) is 0 Å². The van der Waals surface area contributed by atoms with Crippen LogP contribution in [0.5, 0.6) is 0 Å². The molecule has 0 unspecified atom stereocenters. The fourth-order valence-electron chi connectivity index (χ4n) is 2.13. The van der Waals surface area contributed by atoms with Gasteiger partial charge in [-0.15, -0.1) is 0 Å². The predicted octanol–water partition coefficient (Wildman–Crippen LogP) is 3.58. The van der Waals surface area contributed by atoms with E-state index in [1.54, 1.807) is 4.68 Å². The fraction of sp³-hybridized carbons (Fsp3) is 0.375. The number of nitrogens with zero attached hydrogens (tertiary/aromatic N) is 3. The zero-order chi connectivity index (χ0) is 15.9. The molecule has 0 saturated heterocycles. The quantitative estimate of drug-likeness (QED) is 0.763. The molecular formula is C16H19BrN4O. The second-order valence-electron chi connectivity index (χ2n) is 4.92. The minimum absolute atomic E-state index is 0.413. The number of benzene rings is 1. The zero-order valence-corrected chi connectivity index (χ0v) is 14.1. The van der Waals surface area contributed by atoms with E-state index in [4.69, 9.17) is 10.5 Å². The van der Waals surface area contributed by atoms with Crippen LogP contribution in [0.1, 0.15) is 25.3 Å². The molecule has 2 rings (SSSR count). The summed E-state index contributed by atoms with van der Waals surface area (Å²) in [4.78, 5) is 0. The second-order valence-corrected chi connectivity index (χ2v) is 5.83. The van der Waals surface area contributed by atoms with Crippen molar-refractivity contribution in [2.45, 2.75) is 26.3 Å². The molecule has 0 aliphatic heterocycles. The summed E-state index contributed by atoms with van der Waals surface area (Å²) in [6.45, 7) is 4.15. The molecule has 0 amide bonds. The fourth-order valence-corrected chi connectivity index (χ4v) is 2.39. The van der Waals surface area contributed by atoms with E-state index >= 15 is 0 Å². The first kappa shape index (κ1) is 16.5. The largest absolute Gasteiger partial charge is 0.383 e. The number of aromatic nitrogens is 2. The first-order chi connectivity index (χ1) is 10.7. The van der Waals surface area contributed by atoms with Crippen molar-refractivity contribution in [3.05, 3.63) is 34.3 Å². The molecule has 1 aromatic heterocycles. The smallest absolute Gasteiger partial charge is 0.140 e. The van der Waals surface area contributed by atoms with Gasteiger partial charge in [-0.1, -0.05) is 35.0 Å². The van der Waals surface area contributed by atoms with Crippen LogP contribution < -0.4 is 5.73 Å². The standard InChI is InChI=1S/C16H19BrN4O/c1-2-9-22-10-3-8-21-16(19)14(11-18)15(20-21)12-4-6-13(17)7-5-12/h4-7H,2-3,8-10,19H2,1H3. The van der Waals surface area contributed by atoms with Crippen molar-refractivity contribution in [3.63, 3.8) is 0 Å². The van der Waals surface area contributed by atoms with E-state index in [1.165, 1.54) is 0 Å². The summed E-state index contributed by atoms with van der Waals surface area (Å²) in [7, 11) is 0. The number of anilines is 1. The Hall–Kier alpha value is -1.84. The van der Waals surface area contributed by atoms with Gasteiger partial charge in [-0.25, -0.2) is 4.68 Å². The molecule has 0 atom stereocenters. The summed E-state index contributed by atoms with van der Waals surface area (Å²) in [5, 5.41) is 13.8. The molecule has 2 N–H and O–H groups in total. The van der Waals surface area contributed by atoms with Gasteiger partial charge in [0.2, 0.25) is 0 Å². The van der Waals surface area contributed by atoms with E-state index in [9.17, 15) is 5.26 Å². The third kappa shape index (κ3) is 3.87. The van der Waals surface area contributed by atoms with Gasteiger partial charge in [0.25, 0.3) is 0 Å². The number of halogens is 1. The molecule has 0 bridgehead atoms. The van der Waals surface area contributed by atoms with E-state index in [0.717, 1.165) is 29.5 Å². The Balaban J connectivity index is 2.16. The number of rotatable bonds is 7. The van der Waals surface area contributed by atoms with Crippen LogP contribution in [0, 0.1) is 11.3 Å². The summed E-state index contributed by atoms with van der Waals surface area (Å²) in [6.07, 6.45) is 1.83. The van der Waals surface area contributed by atoms with Crippen LogP contribution in [0.4, 0.5) is 5.82 Å². The van der Waals surface area contributed by atoms with Gasteiger partial charge < -0.3 is 10.5 Å². The lowest BCUT2D eigenvalue weighted by molar-refractivity contribution is 0.129. The molecule has 116 valence electrons. The average molecular weight is 363 g/mol. The van der Waals surface area contributed by atoms with Crippen LogP contribution in [0.2, 0.25) is 0 Å². The van der Waals surface area contributed by atoms with E-state index in [0.29, 0.717) is 30.2 Å². The van der Waals surface area contributed by atoms with Crippen molar-refractivity contribution in [1.82, 2.24) is 9.78 Å². The van der Waals surface area contributed by atoms with Gasteiger partial charge in [0, 0.05) is 29.8 Å². The summed E-state index contributed by atoms with van der Waals surface area (Å²) < 4.78 is 8.12. The van der Waals surface area contributed by atoms with Crippen LogP contribution in [-0.4, -0.2) is 23.0 Å². The molecule has 5 nitrogen and oxygen atoms in total. The molecule has 0 radical (unpaired) electrons. The van der Waals surface area contributed by atoms with Gasteiger partial charge in [0.05, 0.1) is 0 Å². The topological polar surface area (TPSA) is 76.9 Å². The van der Waals surface area contributed by atoms with Crippen molar-refractivity contribution >= 4 is 21.7 Å². The van der Waals surface area contributed by atoms with Crippen LogP contribution in [-0.2, 0) is 11.3 Å². The second kappa shape index (κ2) is 7.97. The molecular weight excluding hydrogens is 344 g/mol. The van der Waals surface area contributed by atoms with E-state index < -0.39 is 0 Å². The third-order valence-corrected chi connectivity index (χ3v) is 3.76. The van der Waals surface area contributed by atoms with Crippen LogP contribution in [0.3, 0.4) is 0 Å². The minimum atomic E-state index is 0.413. The lowest BCUT2D eigenvalue weighted by atomic mass is 10.1. The minimum Gasteiger partial charge on any atom is -0.383 e. The maximum Gasteiger partial charge on any atom is 0.140 e. The first-order valence-corrected chi connectivity index (χ1v) is 8.06. The molecule has 2 aromatic rings. The lowest BCUT2D eigenvalue weighted by Gasteiger charge is -2.04. The van der Waals surface area contributed by atoms with Crippen molar-refractivity contribution in [2.24, 2.45) is 0 Å². The average Bonchev–Trinajstić information content (AvgIpc) is 2.84. The monoisotopic (exact) mass is 362 g/mol. The summed E-state index contributed by atoms with van der Waals surface area (Å²) in [5.41, 5.74) is 7.99. The van der Waals surface area contributed by atoms with Gasteiger partial charge >= 0.3 is 0 Å². The number of hydrogen-bond acceptors (Lipinski definition) is 4. The molecule has 0 spiro atoms. The SMILES string of the molecule is CCCOCCCn1nc(-c2ccc(Br)cc2)c(C#N)c1N. The number of nitriles is 1. The van der Waals surface area contributed by atoms with Crippen molar-refractivity contribution in [1.29, 1.82) is 5.26 Å². The van der Waals surface area contributed by atoms with Crippen LogP contribution in [0.15, 0.2) is 28.7 Å². The number of hydrogen-bond donors (Lipinski definition) is 1. The number of nitrogens with two attached hydrogens (primary N) is 1. The molecule has 1 aromatic carbocycles. The zero-order valence-electron chi connectivity index (χ0n) is 12.6. The van der Waals surface area contributed by atoms with E-state index in [1.807, 2.05) is 24.3 Å². The van der Waals surface area contributed by atoms with Gasteiger partial charge in [0.15, 0.2) is 0 Å². The van der Waals surface area contributed by atoms with Gasteiger partial charge in [-0.3, -0.25) is 0 Å². The molecule has 0 fully saturated rings. The highest BCUT2D eigenvalue weighted by Crippen LogP contribution is 2.27. The maximum atomic E-state index is 9.35. The Morgan fingerprint density at radius 2 is 2.05 bits per heavy atom. The predicted molar refractivity (Wildman–Crippen MR) is 90.2 cm³/mol. The Morgan fingerprint density at radius 1 is 1.32 bits per heavy atom. The highest BCUT2D eigenvalue weighted by molar-refractivity contribution is 9.10. The Kier molecular flexibility index (Phi) is 5.99.